The maximum absolute atomic E-state index is 13.6. The molecule has 3 aliphatic rings. The zero-order chi connectivity index (χ0) is 22.8. The number of hydrogen-bond donors (Lipinski definition) is 2. The van der Waals surface area contributed by atoms with E-state index in [9.17, 15) is 14.4 Å². The van der Waals surface area contributed by atoms with Crippen molar-refractivity contribution >= 4 is 23.3 Å². The van der Waals surface area contributed by atoms with E-state index in [1.165, 1.54) is 0 Å². The van der Waals surface area contributed by atoms with Crippen molar-refractivity contribution in [1.29, 1.82) is 0 Å². The lowest BCUT2D eigenvalue weighted by molar-refractivity contribution is -0.139. The van der Waals surface area contributed by atoms with Gasteiger partial charge in [-0.05, 0) is 48.9 Å². The van der Waals surface area contributed by atoms with Crippen LogP contribution in [0, 0.1) is 17.8 Å². The number of nitrogens with zero attached hydrogens (tertiary/aromatic N) is 1. The number of amides is 2. The summed E-state index contributed by atoms with van der Waals surface area (Å²) in [7, 11) is 0. The Kier molecular flexibility index (Phi) is 6.84. The Balaban J connectivity index is 1.48. The summed E-state index contributed by atoms with van der Waals surface area (Å²) in [6.45, 7) is 7.73. The van der Waals surface area contributed by atoms with E-state index in [-0.39, 0.29) is 42.1 Å². The highest BCUT2D eigenvalue weighted by Crippen LogP contribution is 2.34. The van der Waals surface area contributed by atoms with E-state index in [2.05, 4.69) is 24.5 Å². The van der Waals surface area contributed by atoms with Gasteiger partial charge >= 0.3 is 0 Å². The molecule has 0 aromatic heterocycles. The van der Waals surface area contributed by atoms with Crippen molar-refractivity contribution in [2.75, 3.05) is 25.0 Å². The third kappa shape index (κ3) is 4.68. The van der Waals surface area contributed by atoms with Crippen LogP contribution in [0.25, 0.3) is 0 Å². The van der Waals surface area contributed by atoms with Crippen molar-refractivity contribution in [3.63, 3.8) is 0 Å². The minimum absolute atomic E-state index is 0.0336. The first-order chi connectivity index (χ1) is 15.3. The van der Waals surface area contributed by atoms with Gasteiger partial charge in [-0.15, -0.1) is 0 Å². The van der Waals surface area contributed by atoms with Gasteiger partial charge in [-0.3, -0.25) is 14.4 Å². The van der Waals surface area contributed by atoms with Gasteiger partial charge in [0.15, 0.2) is 5.78 Å². The molecular formula is C25H35N3O4. The van der Waals surface area contributed by atoms with Crippen LogP contribution in [-0.2, 0) is 14.3 Å². The van der Waals surface area contributed by atoms with E-state index < -0.39 is 12.1 Å². The highest BCUT2D eigenvalue weighted by atomic mass is 16.5. The molecule has 7 heteroatoms. The summed E-state index contributed by atoms with van der Waals surface area (Å²) in [6.07, 6.45) is 3.72. The van der Waals surface area contributed by atoms with Crippen molar-refractivity contribution in [1.82, 2.24) is 10.2 Å². The highest BCUT2D eigenvalue weighted by Gasteiger charge is 2.52. The lowest BCUT2D eigenvalue weighted by atomic mass is 9.95. The molecule has 32 heavy (non-hydrogen) atoms. The lowest BCUT2D eigenvalue weighted by Crippen LogP contribution is -2.54. The number of benzene rings is 1. The van der Waals surface area contributed by atoms with E-state index in [4.69, 9.17) is 4.74 Å². The van der Waals surface area contributed by atoms with Gasteiger partial charge in [0.1, 0.15) is 18.7 Å². The van der Waals surface area contributed by atoms with E-state index in [0.29, 0.717) is 18.0 Å². The Morgan fingerprint density at radius 1 is 1.16 bits per heavy atom. The molecule has 2 N–H and O–H groups in total. The fourth-order valence-corrected chi connectivity index (χ4v) is 5.26. The predicted molar refractivity (Wildman–Crippen MR) is 122 cm³/mol. The van der Waals surface area contributed by atoms with Gasteiger partial charge in [0.2, 0.25) is 5.91 Å². The van der Waals surface area contributed by atoms with Crippen molar-refractivity contribution in [2.24, 2.45) is 17.8 Å². The summed E-state index contributed by atoms with van der Waals surface area (Å²) in [5.74, 6) is 0.323. The Morgan fingerprint density at radius 2 is 1.84 bits per heavy atom. The molecule has 0 spiro atoms. The number of carbonyl (C=O) groups is 3. The number of ketones is 1. The van der Waals surface area contributed by atoms with Gasteiger partial charge in [-0.2, -0.15) is 0 Å². The second-order valence-corrected chi connectivity index (χ2v) is 10.0. The summed E-state index contributed by atoms with van der Waals surface area (Å²) in [5.41, 5.74) is 1.50. The monoisotopic (exact) mass is 441 g/mol. The number of carbonyl (C=O) groups excluding carboxylic acids is 3. The smallest absolute Gasteiger partial charge is 0.251 e. The molecule has 174 valence electrons. The normalized spacial score (nSPS) is 26.4. The predicted octanol–water partition coefficient (Wildman–Crippen LogP) is 2.86. The SMILES string of the molecule is CC(C)CNc1ccc(C(=O)N[C@H](C(=O)N2C[C@@H](C)[C@H]3OCC(=O)[C@H]32)C2CCCC2)cc1. The summed E-state index contributed by atoms with van der Waals surface area (Å²) >= 11 is 0. The summed E-state index contributed by atoms with van der Waals surface area (Å²) in [6, 6.07) is 6.25. The minimum Gasteiger partial charge on any atom is -0.385 e. The molecular weight excluding hydrogens is 406 g/mol. The van der Waals surface area contributed by atoms with Crippen molar-refractivity contribution in [3.05, 3.63) is 29.8 Å². The molecule has 7 nitrogen and oxygen atoms in total. The number of fused-ring (bicyclic) bond motifs is 1. The van der Waals surface area contributed by atoms with Crippen molar-refractivity contribution < 1.29 is 19.1 Å². The lowest BCUT2D eigenvalue weighted by Gasteiger charge is -2.30. The number of likely N-dealkylation sites (tertiary alicyclic amines) is 1. The topological polar surface area (TPSA) is 87.7 Å². The quantitative estimate of drug-likeness (QED) is 0.679. The van der Waals surface area contributed by atoms with Crippen molar-refractivity contribution in [3.8, 4) is 0 Å². The van der Waals surface area contributed by atoms with Crippen LogP contribution >= 0.6 is 0 Å². The Labute approximate surface area is 190 Å². The number of nitrogens with one attached hydrogen (secondary N) is 2. The Morgan fingerprint density at radius 3 is 2.50 bits per heavy atom. The van der Waals surface area contributed by atoms with Crippen LogP contribution in [-0.4, -0.2) is 60.4 Å². The third-order valence-corrected chi connectivity index (χ3v) is 7.01. The van der Waals surface area contributed by atoms with E-state index in [0.717, 1.165) is 37.9 Å². The third-order valence-electron chi connectivity index (χ3n) is 7.01. The minimum atomic E-state index is -0.608. The first kappa shape index (κ1) is 22.8. The molecule has 0 bridgehead atoms. The summed E-state index contributed by atoms with van der Waals surface area (Å²) < 4.78 is 5.65. The standard InChI is InChI=1S/C25H35N3O4/c1-15(2)12-26-19-10-8-18(9-11-19)24(30)27-21(17-6-4-5-7-17)25(31)28-13-16(3)23-22(28)20(29)14-32-23/h8-11,15-17,21-23,26H,4-7,12-14H2,1-3H3,(H,27,30)/t16-,21+,22-,23-/m1/s1. The number of rotatable bonds is 7. The van der Waals surface area contributed by atoms with Crippen LogP contribution in [0.5, 0.6) is 0 Å². The van der Waals surface area contributed by atoms with Gasteiger partial charge in [0.25, 0.3) is 5.91 Å². The van der Waals surface area contributed by atoms with Crippen LogP contribution in [0.3, 0.4) is 0 Å². The molecule has 0 unspecified atom stereocenters. The molecule has 2 amide bonds. The fourth-order valence-electron chi connectivity index (χ4n) is 5.26. The van der Waals surface area contributed by atoms with Gasteiger partial charge in [-0.25, -0.2) is 0 Å². The molecule has 3 fully saturated rings. The van der Waals surface area contributed by atoms with E-state index in [1.54, 1.807) is 17.0 Å². The average molecular weight is 442 g/mol. The van der Waals surface area contributed by atoms with Crippen LogP contribution in [0.4, 0.5) is 5.69 Å². The van der Waals surface area contributed by atoms with Crippen LogP contribution in [0.15, 0.2) is 24.3 Å². The van der Waals surface area contributed by atoms with Crippen LogP contribution in [0.1, 0.15) is 56.8 Å². The number of anilines is 1. The molecule has 0 radical (unpaired) electrons. The zero-order valence-corrected chi connectivity index (χ0v) is 19.3. The second kappa shape index (κ2) is 9.61. The molecule has 2 saturated heterocycles. The largest absolute Gasteiger partial charge is 0.385 e. The second-order valence-electron chi connectivity index (χ2n) is 10.0. The Hall–Kier alpha value is -2.41. The molecule has 4 atom stereocenters. The van der Waals surface area contributed by atoms with Gasteiger partial charge in [-0.1, -0.05) is 33.6 Å². The zero-order valence-electron chi connectivity index (χ0n) is 19.3. The highest BCUT2D eigenvalue weighted by molar-refractivity contribution is 5.99. The van der Waals surface area contributed by atoms with E-state index >= 15 is 0 Å². The molecule has 1 aliphatic carbocycles. The fraction of sp³-hybridized carbons (Fsp3) is 0.640. The summed E-state index contributed by atoms with van der Waals surface area (Å²) in [5, 5.41) is 6.37. The molecule has 2 heterocycles. The van der Waals surface area contributed by atoms with Crippen LogP contribution in [0.2, 0.25) is 0 Å². The van der Waals surface area contributed by atoms with Crippen molar-refractivity contribution in [2.45, 2.75) is 64.6 Å². The maximum atomic E-state index is 13.6. The Bertz CT molecular complexity index is 847. The first-order valence-corrected chi connectivity index (χ1v) is 11.9. The van der Waals surface area contributed by atoms with E-state index in [1.807, 2.05) is 19.1 Å². The van der Waals surface area contributed by atoms with Gasteiger partial charge in [0, 0.05) is 30.3 Å². The molecule has 1 aromatic rings. The molecule has 1 saturated carbocycles. The molecule has 4 rings (SSSR count). The number of ether oxygens (including phenoxy) is 1. The first-order valence-electron chi connectivity index (χ1n) is 11.9. The number of hydrogen-bond acceptors (Lipinski definition) is 5. The molecule has 1 aromatic carbocycles. The summed E-state index contributed by atoms with van der Waals surface area (Å²) in [4.78, 5) is 40.8. The van der Waals surface area contributed by atoms with Gasteiger partial charge < -0.3 is 20.3 Å². The number of Topliss-reactive ketones (excluding diaryl/α,β-unsaturated/α-hetero) is 1. The van der Waals surface area contributed by atoms with Crippen LogP contribution < -0.4 is 10.6 Å². The average Bonchev–Trinajstić information content (AvgIpc) is 3.50. The van der Waals surface area contributed by atoms with Gasteiger partial charge in [0.05, 0.1) is 6.10 Å². The maximum Gasteiger partial charge on any atom is 0.251 e. The molecule has 2 aliphatic heterocycles.